The maximum Gasteiger partial charge on any atom is 0.309 e. The Bertz CT molecular complexity index is 1020. The Morgan fingerprint density at radius 2 is 1.65 bits per heavy atom. The second-order valence-electron chi connectivity index (χ2n) is 9.75. The van der Waals surface area contributed by atoms with Crippen molar-refractivity contribution in [2.24, 2.45) is 11.8 Å². The summed E-state index contributed by atoms with van der Waals surface area (Å²) in [6.45, 7) is 1.59. The van der Waals surface area contributed by atoms with Gasteiger partial charge in [0.25, 0.3) is 0 Å². The zero-order valence-electron chi connectivity index (χ0n) is 21.5. The molecule has 2 aromatic rings. The standard InChI is InChI=1S/C30H38N2O5/c1-22(20-33)31-28(34)19-25-15-9-4-10-16-26(17-23-11-5-2-6-12-23)30(36)37-21-27(32-29(25)35)18-24-13-7-3-8-14-24/h2-9,11-14,22,25-27,33H,10,15-21H2,1H3,(H,31,34)(H,32,35)/t22-,25+,26+,27-/m0/s1. The second-order valence-corrected chi connectivity index (χ2v) is 9.75. The molecule has 0 spiro atoms. The topological polar surface area (TPSA) is 105 Å². The lowest BCUT2D eigenvalue weighted by Gasteiger charge is -2.23. The minimum atomic E-state index is -0.572. The summed E-state index contributed by atoms with van der Waals surface area (Å²) < 4.78 is 5.77. The maximum atomic E-state index is 13.3. The molecule has 0 radical (unpaired) electrons. The van der Waals surface area contributed by atoms with Crippen LogP contribution in [0.2, 0.25) is 0 Å². The molecule has 0 bridgehead atoms. The van der Waals surface area contributed by atoms with Gasteiger partial charge in [-0.15, -0.1) is 0 Å². The summed E-state index contributed by atoms with van der Waals surface area (Å²) in [4.78, 5) is 38.9. The van der Waals surface area contributed by atoms with Crippen LogP contribution in [0.5, 0.6) is 0 Å². The van der Waals surface area contributed by atoms with E-state index in [4.69, 9.17) is 4.74 Å². The van der Waals surface area contributed by atoms with Gasteiger partial charge in [0.1, 0.15) is 6.61 Å². The first kappa shape index (κ1) is 28.1. The molecule has 0 aromatic heterocycles. The summed E-state index contributed by atoms with van der Waals surface area (Å²) in [5.74, 6) is -1.67. The van der Waals surface area contributed by atoms with Gasteiger partial charge >= 0.3 is 5.97 Å². The minimum Gasteiger partial charge on any atom is -0.463 e. The number of hydrogen-bond donors (Lipinski definition) is 3. The van der Waals surface area contributed by atoms with Gasteiger partial charge in [-0.1, -0.05) is 72.8 Å². The lowest BCUT2D eigenvalue weighted by Crippen LogP contribution is -2.45. The number of aliphatic hydroxyl groups is 1. The van der Waals surface area contributed by atoms with Crippen LogP contribution in [0, 0.1) is 11.8 Å². The van der Waals surface area contributed by atoms with E-state index in [-0.39, 0.29) is 49.4 Å². The van der Waals surface area contributed by atoms with Crippen molar-refractivity contribution >= 4 is 17.8 Å². The van der Waals surface area contributed by atoms with Crippen molar-refractivity contribution in [3.8, 4) is 0 Å². The molecule has 1 heterocycles. The third-order valence-electron chi connectivity index (χ3n) is 6.51. The molecule has 0 fully saturated rings. The molecule has 1 aliphatic heterocycles. The highest BCUT2D eigenvalue weighted by Gasteiger charge is 2.27. The van der Waals surface area contributed by atoms with Gasteiger partial charge < -0.3 is 20.5 Å². The highest BCUT2D eigenvalue weighted by atomic mass is 16.5. The van der Waals surface area contributed by atoms with Gasteiger partial charge in [-0.05, 0) is 50.2 Å². The summed E-state index contributed by atoms with van der Waals surface area (Å²) >= 11 is 0. The third kappa shape index (κ3) is 9.84. The Kier molecular flexibility index (Phi) is 11.4. The second kappa shape index (κ2) is 15.0. The van der Waals surface area contributed by atoms with Crippen LogP contribution in [-0.2, 0) is 32.0 Å². The molecule has 0 saturated heterocycles. The molecule has 1 aliphatic rings. The summed E-state index contributed by atoms with van der Waals surface area (Å²) in [6, 6.07) is 18.8. The Balaban J connectivity index is 1.77. The molecule has 37 heavy (non-hydrogen) atoms. The molecule has 3 rings (SSSR count). The number of ether oxygens (including phenoxy) is 1. The van der Waals surface area contributed by atoms with E-state index in [1.807, 2.05) is 72.8 Å². The fraction of sp³-hybridized carbons (Fsp3) is 0.433. The number of benzene rings is 2. The first-order valence-electron chi connectivity index (χ1n) is 13.0. The lowest BCUT2D eigenvalue weighted by molar-refractivity contribution is -0.150. The zero-order chi connectivity index (χ0) is 26.5. The number of aliphatic hydroxyl groups excluding tert-OH is 1. The SMILES string of the molecule is C[C@@H](CO)NC(=O)C[C@H]1CC=CCC[C@H](Cc2ccccc2)C(=O)OC[C@H](Cc2ccccc2)NC1=O. The molecule has 3 N–H and O–H groups in total. The van der Waals surface area contributed by atoms with E-state index in [0.717, 1.165) is 11.1 Å². The van der Waals surface area contributed by atoms with Gasteiger partial charge in [0.2, 0.25) is 11.8 Å². The molecule has 0 aliphatic carbocycles. The fourth-order valence-corrected chi connectivity index (χ4v) is 4.43. The highest BCUT2D eigenvalue weighted by molar-refractivity contribution is 5.86. The van der Waals surface area contributed by atoms with Crippen molar-refractivity contribution in [2.45, 2.75) is 57.5 Å². The van der Waals surface area contributed by atoms with E-state index < -0.39 is 12.0 Å². The van der Waals surface area contributed by atoms with Crippen molar-refractivity contribution in [1.82, 2.24) is 10.6 Å². The van der Waals surface area contributed by atoms with Crippen molar-refractivity contribution < 1.29 is 24.2 Å². The van der Waals surface area contributed by atoms with Gasteiger partial charge in [-0.25, -0.2) is 0 Å². The van der Waals surface area contributed by atoms with Crippen LogP contribution in [-0.4, -0.2) is 48.2 Å². The molecule has 0 saturated carbocycles. The smallest absolute Gasteiger partial charge is 0.309 e. The predicted octanol–water partition coefficient (Wildman–Crippen LogP) is 3.36. The normalized spacial score (nSPS) is 21.9. The van der Waals surface area contributed by atoms with Gasteiger partial charge in [0, 0.05) is 12.5 Å². The predicted molar refractivity (Wildman–Crippen MR) is 142 cm³/mol. The van der Waals surface area contributed by atoms with Crippen molar-refractivity contribution in [1.29, 1.82) is 0 Å². The molecule has 7 nitrogen and oxygen atoms in total. The molecule has 2 aromatic carbocycles. The average molecular weight is 507 g/mol. The molecular formula is C30H38N2O5. The van der Waals surface area contributed by atoms with Gasteiger partial charge in [-0.2, -0.15) is 0 Å². The minimum absolute atomic E-state index is 0.00892. The number of esters is 1. The van der Waals surface area contributed by atoms with E-state index >= 15 is 0 Å². The van der Waals surface area contributed by atoms with E-state index in [9.17, 15) is 19.5 Å². The molecule has 0 unspecified atom stereocenters. The van der Waals surface area contributed by atoms with Crippen LogP contribution in [0.25, 0.3) is 0 Å². The number of rotatable bonds is 8. The van der Waals surface area contributed by atoms with Crippen LogP contribution in [0.1, 0.15) is 43.7 Å². The van der Waals surface area contributed by atoms with Crippen LogP contribution in [0.3, 0.4) is 0 Å². The monoisotopic (exact) mass is 506 g/mol. The quantitative estimate of drug-likeness (QED) is 0.376. The number of hydrogen-bond acceptors (Lipinski definition) is 5. The molecule has 2 amide bonds. The summed E-state index contributed by atoms with van der Waals surface area (Å²) in [6.07, 6.45) is 6.70. The molecule has 198 valence electrons. The Morgan fingerprint density at radius 3 is 2.30 bits per heavy atom. The average Bonchev–Trinajstić information content (AvgIpc) is 2.91. The van der Waals surface area contributed by atoms with Crippen LogP contribution < -0.4 is 10.6 Å². The first-order valence-corrected chi connectivity index (χ1v) is 13.0. The fourth-order valence-electron chi connectivity index (χ4n) is 4.43. The summed E-state index contributed by atoms with van der Waals surface area (Å²) in [5, 5.41) is 15.0. The number of cyclic esters (lactones) is 1. The van der Waals surface area contributed by atoms with E-state index in [1.165, 1.54) is 0 Å². The van der Waals surface area contributed by atoms with Crippen LogP contribution in [0.4, 0.5) is 0 Å². The van der Waals surface area contributed by atoms with Crippen molar-refractivity contribution in [3.63, 3.8) is 0 Å². The number of nitrogens with one attached hydrogen (secondary N) is 2. The molecule has 4 atom stereocenters. The van der Waals surface area contributed by atoms with Crippen molar-refractivity contribution in [3.05, 3.63) is 83.9 Å². The van der Waals surface area contributed by atoms with E-state index in [1.54, 1.807) is 6.92 Å². The number of carbonyl (C=O) groups excluding carboxylic acids is 3. The number of allylic oxidation sites excluding steroid dienone is 2. The highest BCUT2D eigenvalue weighted by Crippen LogP contribution is 2.19. The van der Waals surface area contributed by atoms with E-state index in [0.29, 0.717) is 32.1 Å². The van der Waals surface area contributed by atoms with Crippen LogP contribution in [0.15, 0.2) is 72.8 Å². The maximum absolute atomic E-state index is 13.3. The molecular weight excluding hydrogens is 468 g/mol. The van der Waals surface area contributed by atoms with Crippen molar-refractivity contribution in [2.75, 3.05) is 13.2 Å². The largest absolute Gasteiger partial charge is 0.463 e. The van der Waals surface area contributed by atoms with E-state index in [2.05, 4.69) is 10.6 Å². The lowest BCUT2D eigenvalue weighted by atomic mass is 9.94. The number of amides is 2. The third-order valence-corrected chi connectivity index (χ3v) is 6.51. The van der Waals surface area contributed by atoms with Crippen LogP contribution >= 0.6 is 0 Å². The summed E-state index contributed by atoms with van der Waals surface area (Å²) in [7, 11) is 0. The summed E-state index contributed by atoms with van der Waals surface area (Å²) in [5.41, 5.74) is 2.09. The van der Waals surface area contributed by atoms with Gasteiger partial charge in [0.05, 0.1) is 24.5 Å². The number of carbonyl (C=O) groups is 3. The Labute approximate surface area is 219 Å². The molecule has 7 heteroatoms. The van der Waals surface area contributed by atoms with Gasteiger partial charge in [-0.3, -0.25) is 14.4 Å². The Hall–Kier alpha value is -3.45. The Morgan fingerprint density at radius 1 is 1.00 bits per heavy atom. The first-order chi connectivity index (χ1) is 17.9. The van der Waals surface area contributed by atoms with Gasteiger partial charge in [0.15, 0.2) is 0 Å². The zero-order valence-corrected chi connectivity index (χ0v) is 21.5.